The van der Waals surface area contributed by atoms with Gasteiger partial charge in [0.2, 0.25) is 0 Å². The molecule has 0 unspecified atom stereocenters. The van der Waals surface area contributed by atoms with Gasteiger partial charge in [-0.05, 0) is 24.7 Å². The van der Waals surface area contributed by atoms with Gasteiger partial charge in [-0.2, -0.15) is 0 Å². The molecule has 0 saturated heterocycles. The Morgan fingerprint density at radius 1 is 1.32 bits per heavy atom. The van der Waals surface area contributed by atoms with Crippen molar-refractivity contribution in [2.45, 2.75) is 32.6 Å². The van der Waals surface area contributed by atoms with Crippen molar-refractivity contribution in [1.29, 1.82) is 0 Å². The molecule has 0 amide bonds. The standard InChI is InChI=1S/C14H21N3O2/c1-10-3-5-11(6-4-10)7-16-13-9-15-12(8-17-13)14(18)19-2/h8-11H,3-7H2,1-2H3,(H,16,17). The van der Waals surface area contributed by atoms with Gasteiger partial charge < -0.3 is 10.1 Å². The summed E-state index contributed by atoms with van der Waals surface area (Å²) in [4.78, 5) is 19.4. The smallest absolute Gasteiger partial charge is 0.358 e. The predicted octanol–water partition coefficient (Wildman–Crippen LogP) is 2.50. The molecule has 0 aromatic carbocycles. The number of ether oxygens (including phenoxy) is 1. The predicted molar refractivity (Wildman–Crippen MR) is 73.0 cm³/mol. The maximum absolute atomic E-state index is 11.2. The van der Waals surface area contributed by atoms with Gasteiger partial charge in [0.05, 0.1) is 19.5 Å². The van der Waals surface area contributed by atoms with Crippen LogP contribution in [-0.4, -0.2) is 29.6 Å². The van der Waals surface area contributed by atoms with E-state index < -0.39 is 5.97 Å². The second-order valence-corrected chi connectivity index (χ2v) is 5.29. The molecule has 1 fully saturated rings. The van der Waals surface area contributed by atoms with Crippen molar-refractivity contribution in [3.8, 4) is 0 Å². The Morgan fingerprint density at radius 2 is 2.05 bits per heavy atom. The zero-order chi connectivity index (χ0) is 13.7. The molecule has 104 valence electrons. The van der Waals surface area contributed by atoms with Gasteiger partial charge in [0.1, 0.15) is 5.82 Å². The SMILES string of the molecule is COC(=O)c1cnc(NCC2CCC(C)CC2)cn1. The number of aromatic nitrogens is 2. The fraction of sp³-hybridized carbons (Fsp3) is 0.643. The molecule has 1 heterocycles. The topological polar surface area (TPSA) is 64.1 Å². The van der Waals surface area contributed by atoms with E-state index >= 15 is 0 Å². The summed E-state index contributed by atoms with van der Waals surface area (Å²) in [6.45, 7) is 3.25. The van der Waals surface area contributed by atoms with Crippen LogP contribution < -0.4 is 5.32 Å². The molecule has 1 saturated carbocycles. The Balaban J connectivity index is 1.81. The molecule has 0 atom stereocenters. The Hall–Kier alpha value is -1.65. The van der Waals surface area contributed by atoms with Gasteiger partial charge in [0, 0.05) is 6.54 Å². The van der Waals surface area contributed by atoms with E-state index in [2.05, 4.69) is 26.9 Å². The number of hydrogen-bond acceptors (Lipinski definition) is 5. The third-order valence-corrected chi connectivity index (χ3v) is 3.75. The summed E-state index contributed by atoms with van der Waals surface area (Å²) in [6, 6.07) is 0. The van der Waals surface area contributed by atoms with Gasteiger partial charge in [-0.1, -0.05) is 19.8 Å². The van der Waals surface area contributed by atoms with E-state index in [4.69, 9.17) is 0 Å². The highest BCUT2D eigenvalue weighted by molar-refractivity contribution is 5.86. The van der Waals surface area contributed by atoms with E-state index in [9.17, 15) is 4.79 Å². The van der Waals surface area contributed by atoms with Crippen LogP contribution in [0.1, 0.15) is 43.1 Å². The summed E-state index contributed by atoms with van der Waals surface area (Å²) in [5.74, 6) is 1.85. The van der Waals surface area contributed by atoms with E-state index in [0.717, 1.165) is 18.4 Å². The summed E-state index contributed by atoms with van der Waals surface area (Å²) in [6.07, 6.45) is 8.22. The molecule has 1 aromatic heterocycles. The molecule has 0 spiro atoms. The van der Waals surface area contributed by atoms with Crippen LogP contribution in [0.2, 0.25) is 0 Å². The summed E-state index contributed by atoms with van der Waals surface area (Å²) in [5.41, 5.74) is 0.236. The summed E-state index contributed by atoms with van der Waals surface area (Å²) < 4.78 is 4.58. The summed E-state index contributed by atoms with van der Waals surface area (Å²) in [5, 5.41) is 3.29. The van der Waals surface area contributed by atoms with Crippen LogP contribution in [0.4, 0.5) is 5.82 Å². The molecular formula is C14H21N3O2. The van der Waals surface area contributed by atoms with Crippen LogP contribution in [0, 0.1) is 11.8 Å². The maximum Gasteiger partial charge on any atom is 0.358 e. The summed E-state index contributed by atoms with van der Waals surface area (Å²) in [7, 11) is 1.33. The van der Waals surface area contributed by atoms with Gasteiger partial charge in [0.25, 0.3) is 0 Å². The highest BCUT2D eigenvalue weighted by Crippen LogP contribution is 2.28. The number of nitrogens with one attached hydrogen (secondary N) is 1. The van der Waals surface area contributed by atoms with Crippen LogP contribution in [0.25, 0.3) is 0 Å². The zero-order valence-corrected chi connectivity index (χ0v) is 11.6. The van der Waals surface area contributed by atoms with E-state index in [1.165, 1.54) is 39.0 Å². The molecule has 5 heteroatoms. The Morgan fingerprint density at radius 3 is 2.63 bits per heavy atom. The average molecular weight is 263 g/mol. The first-order valence-corrected chi connectivity index (χ1v) is 6.83. The maximum atomic E-state index is 11.2. The monoisotopic (exact) mass is 263 g/mol. The van der Waals surface area contributed by atoms with E-state index in [0.29, 0.717) is 5.82 Å². The van der Waals surface area contributed by atoms with Crippen molar-refractivity contribution in [2.75, 3.05) is 19.0 Å². The highest BCUT2D eigenvalue weighted by Gasteiger charge is 2.18. The molecule has 1 aromatic rings. The minimum absolute atomic E-state index is 0.236. The van der Waals surface area contributed by atoms with E-state index in [-0.39, 0.29) is 5.69 Å². The largest absolute Gasteiger partial charge is 0.464 e. The number of esters is 1. The number of carbonyl (C=O) groups excluding carboxylic acids is 1. The fourth-order valence-corrected chi connectivity index (χ4v) is 2.41. The van der Waals surface area contributed by atoms with Crippen LogP contribution >= 0.6 is 0 Å². The first-order valence-electron chi connectivity index (χ1n) is 6.83. The third kappa shape index (κ3) is 3.91. The van der Waals surface area contributed by atoms with Gasteiger partial charge in [-0.15, -0.1) is 0 Å². The van der Waals surface area contributed by atoms with Crippen molar-refractivity contribution in [2.24, 2.45) is 11.8 Å². The molecule has 1 N–H and O–H groups in total. The molecule has 0 radical (unpaired) electrons. The Bertz CT molecular complexity index is 411. The number of nitrogens with zero attached hydrogens (tertiary/aromatic N) is 2. The third-order valence-electron chi connectivity index (χ3n) is 3.75. The number of rotatable bonds is 4. The molecule has 1 aliphatic carbocycles. The van der Waals surface area contributed by atoms with Crippen LogP contribution in [0.15, 0.2) is 12.4 Å². The first kappa shape index (κ1) is 13.8. The van der Waals surface area contributed by atoms with Crippen LogP contribution in [0.3, 0.4) is 0 Å². The lowest BCUT2D eigenvalue weighted by Gasteiger charge is -2.26. The number of hydrogen-bond donors (Lipinski definition) is 1. The molecule has 1 aliphatic rings. The molecule has 19 heavy (non-hydrogen) atoms. The van der Waals surface area contributed by atoms with Crippen LogP contribution in [0.5, 0.6) is 0 Å². The van der Waals surface area contributed by atoms with Gasteiger partial charge in [0.15, 0.2) is 5.69 Å². The summed E-state index contributed by atoms with van der Waals surface area (Å²) >= 11 is 0. The van der Waals surface area contributed by atoms with Crippen molar-refractivity contribution in [1.82, 2.24) is 9.97 Å². The Kier molecular flexibility index (Phi) is 4.71. The van der Waals surface area contributed by atoms with Crippen LogP contribution in [-0.2, 0) is 4.74 Å². The van der Waals surface area contributed by atoms with E-state index in [1.54, 1.807) is 6.20 Å². The van der Waals surface area contributed by atoms with Crippen molar-refractivity contribution in [3.63, 3.8) is 0 Å². The molecule has 0 bridgehead atoms. The molecule has 2 rings (SSSR count). The lowest BCUT2D eigenvalue weighted by Crippen LogP contribution is -2.20. The second kappa shape index (κ2) is 6.50. The fourth-order valence-electron chi connectivity index (χ4n) is 2.41. The number of anilines is 1. The second-order valence-electron chi connectivity index (χ2n) is 5.29. The molecular weight excluding hydrogens is 242 g/mol. The molecule has 5 nitrogen and oxygen atoms in total. The molecule has 0 aliphatic heterocycles. The lowest BCUT2D eigenvalue weighted by atomic mass is 9.83. The number of methoxy groups -OCH3 is 1. The van der Waals surface area contributed by atoms with E-state index in [1.807, 2.05) is 0 Å². The van der Waals surface area contributed by atoms with Gasteiger partial charge in [-0.25, -0.2) is 14.8 Å². The van der Waals surface area contributed by atoms with Crippen molar-refractivity contribution < 1.29 is 9.53 Å². The number of carbonyl (C=O) groups is 1. The zero-order valence-electron chi connectivity index (χ0n) is 11.6. The minimum Gasteiger partial charge on any atom is -0.464 e. The highest BCUT2D eigenvalue weighted by atomic mass is 16.5. The van der Waals surface area contributed by atoms with Crippen molar-refractivity contribution in [3.05, 3.63) is 18.1 Å². The quantitative estimate of drug-likeness (QED) is 0.845. The van der Waals surface area contributed by atoms with Gasteiger partial charge in [-0.3, -0.25) is 0 Å². The first-order chi connectivity index (χ1) is 9.19. The van der Waals surface area contributed by atoms with Gasteiger partial charge >= 0.3 is 5.97 Å². The Labute approximate surface area is 113 Å². The lowest BCUT2D eigenvalue weighted by molar-refractivity contribution is 0.0593. The normalized spacial score (nSPS) is 22.8. The minimum atomic E-state index is -0.458. The average Bonchev–Trinajstić information content (AvgIpc) is 2.46. The van der Waals surface area contributed by atoms with Crippen molar-refractivity contribution >= 4 is 11.8 Å².